The van der Waals surface area contributed by atoms with E-state index in [0.29, 0.717) is 5.17 Å². The van der Waals surface area contributed by atoms with Crippen LogP contribution in [0.4, 0.5) is 16.2 Å². The minimum Gasteiger partial charge on any atom is -0.444 e. The Bertz CT molecular complexity index is 1400. The maximum absolute atomic E-state index is 13.7. The summed E-state index contributed by atoms with van der Waals surface area (Å²) in [6.07, 6.45) is -0.465. The molecular formula is C30H40N4O5S2. The number of amidine groups is 1. The van der Waals surface area contributed by atoms with Gasteiger partial charge in [0, 0.05) is 36.1 Å². The summed E-state index contributed by atoms with van der Waals surface area (Å²) in [5.74, 6) is -0.488. The van der Waals surface area contributed by atoms with Crippen molar-refractivity contribution in [2.75, 3.05) is 34.4 Å². The van der Waals surface area contributed by atoms with E-state index in [4.69, 9.17) is 4.74 Å². The molecule has 11 heteroatoms. The first-order valence-electron chi connectivity index (χ1n) is 14.0. The number of ether oxygens (including phenoxy) is 1. The van der Waals surface area contributed by atoms with Crippen molar-refractivity contribution in [2.24, 2.45) is 4.99 Å². The number of thioether (sulfide) groups is 1. The van der Waals surface area contributed by atoms with Crippen molar-refractivity contribution in [3.05, 3.63) is 59.7 Å². The van der Waals surface area contributed by atoms with Crippen LogP contribution in [-0.4, -0.2) is 73.1 Å². The fourth-order valence-corrected chi connectivity index (χ4v) is 9.13. The largest absolute Gasteiger partial charge is 0.444 e. The van der Waals surface area contributed by atoms with E-state index in [1.54, 1.807) is 20.8 Å². The Labute approximate surface area is 247 Å². The van der Waals surface area contributed by atoms with E-state index in [0.717, 1.165) is 35.6 Å². The van der Waals surface area contributed by atoms with Crippen LogP contribution < -0.4 is 15.1 Å². The number of aryl methyl sites for hydroxylation is 1. The summed E-state index contributed by atoms with van der Waals surface area (Å²) in [4.78, 5) is 35.1. The van der Waals surface area contributed by atoms with Gasteiger partial charge >= 0.3 is 6.09 Å². The number of anilines is 2. The van der Waals surface area contributed by atoms with Gasteiger partial charge in [-0.3, -0.25) is 4.79 Å². The Kier molecular flexibility index (Phi) is 9.38. The number of hydrogen-bond acceptors (Lipinski definition) is 7. The van der Waals surface area contributed by atoms with Crippen LogP contribution in [0, 0.1) is 6.92 Å². The number of aliphatic imine (C=N–C) groups is 1. The lowest BCUT2D eigenvalue weighted by Crippen LogP contribution is -2.45. The van der Waals surface area contributed by atoms with Crippen LogP contribution in [0.1, 0.15) is 45.7 Å². The second-order valence-corrected chi connectivity index (χ2v) is 14.8. The predicted molar refractivity (Wildman–Crippen MR) is 167 cm³/mol. The van der Waals surface area contributed by atoms with Crippen molar-refractivity contribution in [1.82, 2.24) is 5.32 Å². The number of hydrogen-bond donors (Lipinski definition) is 1. The Hall–Kier alpha value is -3.05. The smallest absolute Gasteiger partial charge is 0.408 e. The van der Waals surface area contributed by atoms with E-state index < -0.39 is 33.5 Å². The molecule has 2 aromatic rings. The minimum absolute atomic E-state index is 0.00127. The number of nitrogens with one attached hydrogen (secondary N) is 1. The van der Waals surface area contributed by atoms with E-state index in [-0.39, 0.29) is 29.2 Å². The highest BCUT2D eigenvalue weighted by atomic mass is 32.2. The Morgan fingerprint density at radius 3 is 2.41 bits per heavy atom. The molecule has 2 saturated heterocycles. The van der Waals surface area contributed by atoms with Crippen molar-refractivity contribution in [3.63, 3.8) is 0 Å². The van der Waals surface area contributed by atoms with E-state index in [2.05, 4.69) is 35.1 Å². The molecule has 0 saturated carbocycles. The van der Waals surface area contributed by atoms with Gasteiger partial charge in [0.1, 0.15) is 11.6 Å². The summed E-state index contributed by atoms with van der Waals surface area (Å²) < 4.78 is 30.6. The first-order valence-corrected chi connectivity index (χ1v) is 16.7. The molecule has 222 valence electrons. The highest BCUT2D eigenvalue weighted by molar-refractivity contribution is 8.16. The summed E-state index contributed by atoms with van der Waals surface area (Å²) in [6, 6.07) is 14.2. The molecule has 9 nitrogen and oxygen atoms in total. The fourth-order valence-electron chi connectivity index (χ4n) is 5.21. The molecule has 2 heterocycles. The molecule has 2 aromatic carbocycles. The second-order valence-electron chi connectivity index (χ2n) is 11.4. The average molecular weight is 601 g/mol. The molecule has 0 spiro atoms. The number of sulfone groups is 1. The second kappa shape index (κ2) is 12.4. The summed E-state index contributed by atoms with van der Waals surface area (Å²) >= 11 is 1.32. The van der Waals surface area contributed by atoms with Gasteiger partial charge < -0.3 is 19.9 Å². The summed E-state index contributed by atoms with van der Waals surface area (Å²) in [7, 11) is -3.22. The molecule has 3 atom stereocenters. The predicted octanol–water partition coefficient (Wildman–Crippen LogP) is 4.58. The zero-order chi connectivity index (χ0) is 29.9. The zero-order valence-corrected chi connectivity index (χ0v) is 26.2. The van der Waals surface area contributed by atoms with Gasteiger partial charge in [0.25, 0.3) is 5.91 Å². The van der Waals surface area contributed by atoms with Crippen molar-refractivity contribution >= 4 is 50.1 Å². The number of carbonyl (C=O) groups excluding carboxylic acids is 2. The Balaban J connectivity index is 1.69. The standard InChI is InChI=1S/C30H40N4O5S2/c1-7-33(8-2)22-14-15-24(20(3)16-22)34-25-18-41(37,38)19-26(25)40-28(34)32-27(35)23(17-21-12-10-9-11-13-21)31-29(36)39-30(4,5)6/h9-16,23,25-26H,7-8,17-19H2,1-6H3,(H,31,36)/t23-,25+,26+/m0/s1. The van der Waals surface area contributed by atoms with E-state index in [1.165, 1.54) is 11.8 Å². The molecule has 4 rings (SSSR count). The lowest BCUT2D eigenvalue weighted by Gasteiger charge is -2.28. The molecule has 2 amide bonds. The van der Waals surface area contributed by atoms with Crippen LogP contribution in [0.5, 0.6) is 0 Å². The first-order chi connectivity index (χ1) is 19.3. The SMILES string of the molecule is CCN(CC)c1ccc(N2C(=NC(=O)[C@H](Cc3ccccc3)NC(=O)OC(C)(C)C)S[C@@H]3CS(=O)(=O)C[C@H]32)c(C)c1. The number of alkyl carbamates (subject to hydrolysis) is 1. The van der Waals surface area contributed by atoms with E-state index >= 15 is 0 Å². The normalized spacial score (nSPS) is 21.4. The van der Waals surface area contributed by atoms with E-state index in [1.807, 2.05) is 54.3 Å². The fraction of sp³-hybridized carbons (Fsp3) is 0.500. The van der Waals surface area contributed by atoms with Crippen molar-refractivity contribution in [1.29, 1.82) is 0 Å². The lowest BCUT2D eigenvalue weighted by molar-refractivity contribution is -0.119. The Morgan fingerprint density at radius 1 is 1.12 bits per heavy atom. The van der Waals surface area contributed by atoms with Crippen LogP contribution in [0.2, 0.25) is 0 Å². The summed E-state index contributed by atoms with van der Waals surface area (Å²) in [5, 5.41) is 2.92. The molecule has 2 fully saturated rings. The molecule has 0 aromatic heterocycles. The minimum atomic E-state index is -3.22. The number of nitrogens with zero attached hydrogens (tertiary/aromatic N) is 3. The van der Waals surface area contributed by atoms with Crippen molar-refractivity contribution in [3.8, 4) is 0 Å². The monoisotopic (exact) mass is 600 g/mol. The quantitative estimate of drug-likeness (QED) is 0.469. The number of carbonyl (C=O) groups is 2. The van der Waals surface area contributed by atoms with Gasteiger partial charge in [0.15, 0.2) is 15.0 Å². The third-order valence-corrected chi connectivity index (χ3v) is 10.3. The van der Waals surface area contributed by atoms with Crippen molar-refractivity contribution in [2.45, 2.75) is 70.9 Å². The first kappa shape index (κ1) is 30.9. The van der Waals surface area contributed by atoms with Gasteiger partial charge in [0.05, 0.1) is 17.5 Å². The third kappa shape index (κ3) is 7.62. The molecule has 0 bridgehead atoms. The average Bonchev–Trinajstić information content (AvgIpc) is 3.34. The van der Waals surface area contributed by atoms with Crippen molar-refractivity contribution < 1.29 is 22.7 Å². The highest BCUT2D eigenvalue weighted by Crippen LogP contribution is 2.42. The van der Waals surface area contributed by atoms with Crippen LogP contribution in [0.3, 0.4) is 0 Å². The lowest BCUT2D eigenvalue weighted by atomic mass is 10.1. The highest BCUT2D eigenvalue weighted by Gasteiger charge is 2.50. The maximum atomic E-state index is 13.7. The molecule has 2 aliphatic rings. The van der Waals surface area contributed by atoms with Crippen LogP contribution in [-0.2, 0) is 25.8 Å². The summed E-state index contributed by atoms with van der Waals surface area (Å²) in [6.45, 7) is 13.2. The Morgan fingerprint density at radius 2 is 1.80 bits per heavy atom. The number of benzene rings is 2. The van der Waals surface area contributed by atoms with Gasteiger partial charge in [-0.15, -0.1) is 0 Å². The molecule has 0 radical (unpaired) electrons. The molecule has 41 heavy (non-hydrogen) atoms. The zero-order valence-electron chi connectivity index (χ0n) is 24.6. The van der Waals surface area contributed by atoms with Gasteiger partial charge in [-0.05, 0) is 70.9 Å². The maximum Gasteiger partial charge on any atom is 0.408 e. The summed E-state index contributed by atoms with van der Waals surface area (Å²) in [5.41, 5.74) is 3.00. The van der Waals surface area contributed by atoms with Gasteiger partial charge in [0.2, 0.25) is 0 Å². The number of amides is 2. The number of rotatable bonds is 8. The topological polar surface area (TPSA) is 108 Å². The van der Waals surface area contributed by atoms with Gasteiger partial charge in [-0.25, -0.2) is 13.2 Å². The third-order valence-electron chi connectivity index (χ3n) is 7.11. The molecule has 0 unspecified atom stereocenters. The molecule has 1 N–H and O–H groups in total. The molecule has 0 aliphatic carbocycles. The molecular weight excluding hydrogens is 560 g/mol. The number of fused-ring (bicyclic) bond motifs is 1. The van der Waals surface area contributed by atoms with Gasteiger partial charge in [-0.1, -0.05) is 42.1 Å². The molecule has 2 aliphatic heterocycles. The van der Waals surface area contributed by atoms with Crippen LogP contribution in [0.15, 0.2) is 53.5 Å². The van der Waals surface area contributed by atoms with Gasteiger partial charge in [-0.2, -0.15) is 4.99 Å². The van der Waals surface area contributed by atoms with Crippen LogP contribution in [0.25, 0.3) is 0 Å². The van der Waals surface area contributed by atoms with Crippen LogP contribution >= 0.6 is 11.8 Å². The van der Waals surface area contributed by atoms with E-state index in [9.17, 15) is 18.0 Å².